The second-order valence-corrected chi connectivity index (χ2v) is 29.4. The SMILES string of the molecule is CC1CCOc2cccc(O)c21.COCOc1cccc(O)c1/C(C)=C\CO.COCOc1cccc(O)c1C(C)CCO.COCOc1cccc(O)c1C(C)CCO.COCOc1cccc2c1C(C)CCO2.COCOc1cccc2oc(=O)cc(C)c12.COc1cccc(O)c1C(C)=O.COc1cccc2oc(=O)cc(C)c12.Cc1cc(=O)oc2cccc(O)c12. The second-order valence-electron chi connectivity index (χ2n) is 29.4. The zero-order valence-electron chi connectivity index (χ0n) is 76.2. The number of fused-ring (bicyclic) bond motifs is 5. The van der Waals surface area contributed by atoms with Crippen molar-refractivity contribution in [3.05, 3.63) is 269 Å². The Labute approximate surface area is 755 Å². The topological polar surface area (TPSA) is 419 Å². The van der Waals surface area contributed by atoms with Gasteiger partial charge in [-0.05, 0) is 215 Å². The number of allylic oxidation sites excluding steroid dienone is 1. The van der Waals surface area contributed by atoms with E-state index in [2.05, 4.69) is 13.8 Å². The molecule has 30 nitrogen and oxygen atoms in total. The molecule has 14 rings (SSSR count). The summed E-state index contributed by atoms with van der Waals surface area (Å²) < 4.78 is 87.4. The molecule has 9 N–H and O–H groups in total. The maximum Gasteiger partial charge on any atom is 0.336 e. The third-order valence-corrected chi connectivity index (χ3v) is 19.9. The molecule has 0 saturated heterocycles. The van der Waals surface area contributed by atoms with Gasteiger partial charge in [-0.1, -0.05) is 88.4 Å². The minimum atomic E-state index is -0.393. The number of carbonyl (C=O) groups is 1. The van der Waals surface area contributed by atoms with Crippen LogP contribution in [0.4, 0.5) is 0 Å². The lowest BCUT2D eigenvalue weighted by Crippen LogP contribution is -2.14. The van der Waals surface area contributed by atoms with Gasteiger partial charge in [0.05, 0.1) is 55.8 Å². The molecule has 9 aromatic carbocycles. The van der Waals surface area contributed by atoms with Crippen molar-refractivity contribution in [2.75, 3.05) is 117 Å². The van der Waals surface area contributed by atoms with Crippen LogP contribution in [0.15, 0.2) is 216 Å². The molecule has 2 aliphatic heterocycles. The van der Waals surface area contributed by atoms with Gasteiger partial charge in [-0.3, -0.25) is 4.79 Å². The summed E-state index contributed by atoms with van der Waals surface area (Å²) in [5, 5.41) is 86.5. The molecule has 12 aromatic rings. The van der Waals surface area contributed by atoms with Crippen molar-refractivity contribution in [1.29, 1.82) is 0 Å². The first-order valence-electron chi connectivity index (χ1n) is 41.5. The maximum absolute atomic E-state index is 11.2. The number of ketones is 1. The smallest absolute Gasteiger partial charge is 0.336 e. The van der Waals surface area contributed by atoms with Gasteiger partial charge in [-0.15, -0.1) is 0 Å². The van der Waals surface area contributed by atoms with Gasteiger partial charge in [0.25, 0.3) is 0 Å². The molecule has 0 fully saturated rings. The Kier molecular flexibility index (Phi) is 45.0. The molecule has 0 amide bonds. The molecule has 4 unspecified atom stereocenters. The third kappa shape index (κ3) is 31.3. The van der Waals surface area contributed by atoms with E-state index in [0.29, 0.717) is 98.0 Å². The van der Waals surface area contributed by atoms with Crippen LogP contribution in [0, 0.1) is 20.8 Å². The van der Waals surface area contributed by atoms with E-state index < -0.39 is 5.63 Å². The van der Waals surface area contributed by atoms with E-state index in [-0.39, 0.29) is 117 Å². The maximum atomic E-state index is 11.2. The molecule has 30 heteroatoms. The van der Waals surface area contributed by atoms with Gasteiger partial charge in [-0.25, -0.2) is 14.4 Å². The highest BCUT2D eigenvalue weighted by atomic mass is 16.7. The predicted octanol–water partition coefficient (Wildman–Crippen LogP) is 17.9. The van der Waals surface area contributed by atoms with Gasteiger partial charge in [0.15, 0.2) is 39.7 Å². The lowest BCUT2D eigenvalue weighted by atomic mass is 9.94. The number of aliphatic hydroxyl groups excluding tert-OH is 3. The van der Waals surface area contributed by atoms with E-state index in [1.54, 1.807) is 171 Å². The molecule has 700 valence electrons. The lowest BCUT2D eigenvalue weighted by Gasteiger charge is -2.25. The third-order valence-electron chi connectivity index (χ3n) is 19.9. The summed E-state index contributed by atoms with van der Waals surface area (Å²) in [5.41, 5.74) is 7.99. The van der Waals surface area contributed by atoms with Crippen molar-refractivity contribution in [3.63, 3.8) is 0 Å². The molecule has 5 heterocycles. The van der Waals surface area contributed by atoms with E-state index in [1.807, 2.05) is 70.2 Å². The van der Waals surface area contributed by atoms with Crippen LogP contribution in [0.25, 0.3) is 38.5 Å². The first kappa shape index (κ1) is 105. The van der Waals surface area contributed by atoms with E-state index in [0.717, 1.165) is 87.7 Å². The van der Waals surface area contributed by atoms with Crippen LogP contribution in [0.5, 0.6) is 86.2 Å². The number of hydrogen-bond acceptors (Lipinski definition) is 30. The summed E-state index contributed by atoms with van der Waals surface area (Å²) in [6, 6.07) is 51.1. The molecule has 3 aromatic heterocycles. The first-order chi connectivity index (χ1) is 62.5. The van der Waals surface area contributed by atoms with E-state index in [9.17, 15) is 49.8 Å². The van der Waals surface area contributed by atoms with Crippen LogP contribution >= 0.6 is 0 Å². The number of carbonyl (C=O) groups excluding carboxylic acids is 1. The Hall–Kier alpha value is -13.3. The van der Waals surface area contributed by atoms with Crippen LogP contribution in [-0.4, -0.2) is 169 Å². The van der Waals surface area contributed by atoms with Crippen LogP contribution < -0.4 is 59.5 Å². The minimum absolute atomic E-state index is 0.0399. The number of aliphatic hydroxyl groups is 3. The number of phenols is 6. The Morgan fingerprint density at radius 2 is 0.723 bits per heavy atom. The molecule has 0 aliphatic carbocycles. The zero-order valence-corrected chi connectivity index (χ0v) is 76.2. The van der Waals surface area contributed by atoms with Crippen molar-refractivity contribution in [3.8, 4) is 86.2 Å². The van der Waals surface area contributed by atoms with E-state index >= 15 is 0 Å². The number of ether oxygens (including phenoxy) is 14. The summed E-state index contributed by atoms with van der Waals surface area (Å²) >= 11 is 0. The second kappa shape index (κ2) is 55.4. The normalized spacial score (nSPS) is 13.0. The summed E-state index contributed by atoms with van der Waals surface area (Å²) in [5.74, 6) is 7.91. The van der Waals surface area contributed by atoms with Gasteiger partial charge in [0.1, 0.15) is 109 Å². The fraction of sp³-hybridized carbons (Fsp3) is 0.340. The monoisotopic (exact) mass is 1800 g/mol. The number of Topliss-reactive ketones (excluding diaryl/α,β-unsaturated/α-hetero) is 1. The number of methoxy groups -OCH3 is 7. The zero-order chi connectivity index (χ0) is 95.4. The summed E-state index contributed by atoms with van der Waals surface area (Å²) in [4.78, 5) is 44.3. The molecule has 0 spiro atoms. The van der Waals surface area contributed by atoms with Crippen molar-refractivity contribution >= 4 is 44.3 Å². The number of benzene rings is 9. The first-order valence-corrected chi connectivity index (χ1v) is 41.5. The predicted molar refractivity (Wildman–Crippen MR) is 494 cm³/mol. The number of phenolic OH excluding ortho intramolecular Hbond substituents is 6. The Bertz CT molecular complexity index is 5670. The van der Waals surface area contributed by atoms with Crippen molar-refractivity contribution in [1.82, 2.24) is 0 Å². The van der Waals surface area contributed by atoms with Crippen molar-refractivity contribution in [2.24, 2.45) is 0 Å². The van der Waals surface area contributed by atoms with Crippen LogP contribution in [-0.2, 0) is 23.7 Å². The Balaban J connectivity index is 0.000000226. The average Bonchev–Trinajstić information content (AvgIpc) is 0.804. The van der Waals surface area contributed by atoms with Gasteiger partial charge >= 0.3 is 16.9 Å². The highest BCUT2D eigenvalue weighted by Gasteiger charge is 2.24. The largest absolute Gasteiger partial charge is 0.508 e. The quantitative estimate of drug-likeness (QED) is 0.0138. The summed E-state index contributed by atoms with van der Waals surface area (Å²) in [6.45, 7) is 19.3. The Morgan fingerprint density at radius 3 is 1.16 bits per heavy atom. The van der Waals surface area contributed by atoms with Gasteiger partial charge < -0.3 is 126 Å². The number of hydrogen-bond donors (Lipinski definition) is 9. The van der Waals surface area contributed by atoms with Crippen LogP contribution in [0.1, 0.15) is 146 Å². The van der Waals surface area contributed by atoms with Crippen LogP contribution in [0.3, 0.4) is 0 Å². The standard InChI is InChI=1S/C12H12O4.2C12H18O4.C12H16O4.C12H16O3.C11H10O3.C10H8O3.C10H12O2.C9H10O3/c1-8-6-11(13)16-10-5-3-4-9(12(8)10)15-7-14-2;3*1-9(6-7-13)12-10(14)4-3-5-11(12)16-8-15-2;1-9-6-7-14-10-4-3-5-11(12(9)10)15-8-13-2;1-7-6-10(12)14-9-5-3-4-8(13-2)11(7)9;1-6-5-9(12)13-8-4-2-3-7(11)10(6)8;1-7-5-6-12-9-4-2-3-8(11)10(7)9;1-6(10)9-7(11)4-3-5-8(9)12-2/h3-6H,7H2,1-2H3;2*3-5,9,13-14H,6-8H2,1-2H3;3-6,13-14H,7-8H2,1-2H3;3-5,9H,6-8H2,1-2H3;3-6H,1-2H3;2-5,11H,1H3;2-4,7,11H,5-6H2,1H3;3-5,11H,1-2H3/b;;;9-6-;;;;;. The molecule has 0 saturated carbocycles. The fourth-order valence-electron chi connectivity index (χ4n) is 13.7. The molecular formula is C100H120O30. The fourth-order valence-corrected chi connectivity index (χ4v) is 13.7. The molecule has 0 bridgehead atoms. The van der Waals surface area contributed by atoms with Crippen molar-refractivity contribution < 1.29 is 130 Å². The number of aryl methyl sites for hydroxylation is 3. The molecule has 4 atom stereocenters. The number of aromatic hydroxyl groups is 6. The van der Waals surface area contributed by atoms with Crippen molar-refractivity contribution in [2.45, 2.75) is 112 Å². The molecule has 130 heavy (non-hydrogen) atoms. The Morgan fingerprint density at radius 1 is 0.392 bits per heavy atom. The molecule has 0 radical (unpaired) electrons. The van der Waals surface area contributed by atoms with E-state index in [4.69, 9.17) is 94.9 Å². The average molecular weight is 1800 g/mol. The van der Waals surface area contributed by atoms with Crippen LogP contribution in [0.2, 0.25) is 0 Å². The lowest BCUT2D eigenvalue weighted by molar-refractivity contribution is 0.0494. The van der Waals surface area contributed by atoms with Gasteiger partial charge in [0, 0.05) is 89.2 Å². The minimum Gasteiger partial charge on any atom is -0.508 e. The highest BCUT2D eigenvalue weighted by molar-refractivity contribution is 5.99. The van der Waals surface area contributed by atoms with Gasteiger partial charge in [0.2, 0.25) is 0 Å². The molecular weight excluding hydrogens is 1680 g/mol. The number of rotatable bonds is 26. The summed E-state index contributed by atoms with van der Waals surface area (Å²) in [7, 11) is 10.8. The highest BCUT2D eigenvalue weighted by Crippen LogP contribution is 2.43. The van der Waals surface area contributed by atoms with Gasteiger partial charge in [-0.2, -0.15) is 0 Å². The van der Waals surface area contributed by atoms with E-state index in [1.165, 1.54) is 51.0 Å². The molecule has 2 aliphatic rings. The summed E-state index contributed by atoms with van der Waals surface area (Å²) in [6.07, 6.45) is 4.81.